The minimum absolute atomic E-state index is 0.538. The number of aliphatic hydroxyl groups excluding tert-OH is 1. The maximum Gasteiger partial charge on any atom is 0.122 e. The van der Waals surface area contributed by atoms with E-state index in [-0.39, 0.29) is 0 Å². The highest BCUT2D eigenvalue weighted by Gasteiger charge is 2.12. The van der Waals surface area contributed by atoms with Gasteiger partial charge in [-0.15, -0.1) is 11.3 Å². The van der Waals surface area contributed by atoms with E-state index in [1.807, 2.05) is 37.4 Å². The summed E-state index contributed by atoms with van der Waals surface area (Å²) in [5.74, 6) is 0.806. The number of nitrogens with zero attached hydrogens (tertiary/aromatic N) is 1. The Morgan fingerprint density at radius 2 is 2.17 bits per heavy atom. The average Bonchev–Trinajstić information content (AvgIpc) is 2.75. The Morgan fingerprint density at radius 1 is 1.39 bits per heavy atom. The number of ether oxygens (including phenoxy) is 1. The van der Waals surface area contributed by atoms with Crippen molar-refractivity contribution in [3.8, 4) is 5.75 Å². The molecule has 1 N–H and O–H groups in total. The molecule has 1 aromatic heterocycles. The van der Waals surface area contributed by atoms with Crippen molar-refractivity contribution in [3.05, 3.63) is 45.4 Å². The highest BCUT2D eigenvalue weighted by atomic mass is 32.1. The first-order valence-corrected chi connectivity index (χ1v) is 6.71. The molecule has 0 aliphatic heterocycles. The van der Waals surface area contributed by atoms with Crippen molar-refractivity contribution in [2.75, 3.05) is 7.11 Å². The molecular weight excluding hydrogens is 246 g/mol. The van der Waals surface area contributed by atoms with Crippen molar-refractivity contribution < 1.29 is 9.84 Å². The number of hydrogen-bond donors (Lipinski definition) is 1. The Bertz CT molecular complexity index is 536. The van der Waals surface area contributed by atoms with Gasteiger partial charge >= 0.3 is 0 Å². The topological polar surface area (TPSA) is 42.4 Å². The molecule has 2 rings (SSSR count). The molecule has 1 heterocycles. The van der Waals surface area contributed by atoms with Crippen molar-refractivity contribution in [2.24, 2.45) is 0 Å². The SMILES string of the molecule is COc1cc(C(O)Cc2csc(C)n2)ccc1C. The minimum atomic E-state index is -0.541. The van der Waals surface area contributed by atoms with E-state index < -0.39 is 6.10 Å². The summed E-state index contributed by atoms with van der Waals surface area (Å²) in [7, 11) is 1.64. The molecule has 1 aromatic carbocycles. The second kappa shape index (κ2) is 5.50. The third-order valence-corrected chi connectivity index (χ3v) is 3.71. The van der Waals surface area contributed by atoms with Crippen LogP contribution in [0.15, 0.2) is 23.6 Å². The van der Waals surface area contributed by atoms with Gasteiger partial charge in [0, 0.05) is 11.8 Å². The van der Waals surface area contributed by atoms with Crippen molar-refractivity contribution in [1.29, 1.82) is 0 Å². The Kier molecular flexibility index (Phi) is 3.99. The Hall–Kier alpha value is -1.39. The zero-order valence-electron chi connectivity index (χ0n) is 10.8. The van der Waals surface area contributed by atoms with Gasteiger partial charge in [0.2, 0.25) is 0 Å². The van der Waals surface area contributed by atoms with Crippen molar-refractivity contribution in [1.82, 2.24) is 4.98 Å². The summed E-state index contributed by atoms with van der Waals surface area (Å²) in [5.41, 5.74) is 2.87. The van der Waals surface area contributed by atoms with Crippen LogP contribution in [0, 0.1) is 13.8 Å². The fourth-order valence-corrected chi connectivity index (χ4v) is 2.49. The Labute approximate surface area is 111 Å². The maximum absolute atomic E-state index is 10.2. The van der Waals surface area contributed by atoms with Crippen LogP contribution >= 0.6 is 11.3 Å². The first kappa shape index (κ1) is 13.1. The molecule has 1 atom stereocenters. The summed E-state index contributed by atoms with van der Waals surface area (Å²) >= 11 is 1.60. The molecule has 4 heteroatoms. The molecule has 1 unspecified atom stereocenters. The zero-order chi connectivity index (χ0) is 13.1. The van der Waals surface area contributed by atoms with Crippen LogP contribution in [0.4, 0.5) is 0 Å². The molecule has 2 aromatic rings. The fourth-order valence-electron chi connectivity index (χ4n) is 1.86. The van der Waals surface area contributed by atoms with E-state index in [0.29, 0.717) is 6.42 Å². The maximum atomic E-state index is 10.2. The summed E-state index contributed by atoms with van der Waals surface area (Å²) in [4.78, 5) is 4.36. The first-order chi connectivity index (χ1) is 8.60. The number of benzene rings is 1. The van der Waals surface area contributed by atoms with Gasteiger partial charge in [-0.2, -0.15) is 0 Å². The van der Waals surface area contributed by atoms with Gasteiger partial charge in [0.25, 0.3) is 0 Å². The van der Waals surface area contributed by atoms with Crippen LogP contribution in [-0.2, 0) is 6.42 Å². The average molecular weight is 263 g/mol. The minimum Gasteiger partial charge on any atom is -0.496 e. The van der Waals surface area contributed by atoms with Crippen LogP contribution in [0.1, 0.15) is 27.9 Å². The molecule has 0 amide bonds. The Balaban J connectivity index is 2.15. The summed E-state index contributed by atoms with van der Waals surface area (Å²) < 4.78 is 5.27. The molecule has 0 aliphatic carbocycles. The molecule has 0 saturated carbocycles. The van der Waals surface area contributed by atoms with Crippen LogP contribution in [0.3, 0.4) is 0 Å². The lowest BCUT2D eigenvalue weighted by Gasteiger charge is -2.12. The van der Waals surface area contributed by atoms with E-state index in [1.165, 1.54) is 0 Å². The van der Waals surface area contributed by atoms with Gasteiger partial charge in [-0.3, -0.25) is 0 Å². The number of thiazole rings is 1. The molecule has 0 spiro atoms. The second-order valence-corrected chi connectivity index (χ2v) is 5.37. The zero-order valence-corrected chi connectivity index (χ0v) is 11.6. The van der Waals surface area contributed by atoms with Crippen LogP contribution in [0.2, 0.25) is 0 Å². The number of rotatable bonds is 4. The van der Waals surface area contributed by atoms with Crippen LogP contribution < -0.4 is 4.74 Å². The number of hydrogen-bond acceptors (Lipinski definition) is 4. The summed E-state index contributed by atoms with van der Waals surface area (Å²) in [5, 5.41) is 13.2. The monoisotopic (exact) mass is 263 g/mol. The molecule has 0 bridgehead atoms. The predicted octanol–water partition coefficient (Wildman–Crippen LogP) is 3.04. The van der Waals surface area contributed by atoms with Gasteiger partial charge in [-0.05, 0) is 31.0 Å². The lowest BCUT2D eigenvalue weighted by atomic mass is 10.0. The smallest absolute Gasteiger partial charge is 0.122 e. The van der Waals surface area contributed by atoms with Crippen LogP contribution in [-0.4, -0.2) is 17.2 Å². The predicted molar refractivity (Wildman–Crippen MR) is 73.2 cm³/mol. The van der Waals surface area contributed by atoms with E-state index in [4.69, 9.17) is 4.74 Å². The molecule has 0 saturated heterocycles. The van der Waals surface area contributed by atoms with E-state index in [2.05, 4.69) is 4.98 Å². The van der Waals surface area contributed by atoms with Gasteiger partial charge < -0.3 is 9.84 Å². The summed E-state index contributed by atoms with van der Waals surface area (Å²) in [6.45, 7) is 3.95. The Morgan fingerprint density at radius 3 is 2.78 bits per heavy atom. The van der Waals surface area contributed by atoms with Crippen molar-refractivity contribution in [2.45, 2.75) is 26.4 Å². The second-order valence-electron chi connectivity index (χ2n) is 4.31. The lowest BCUT2D eigenvalue weighted by molar-refractivity contribution is 0.177. The molecule has 18 heavy (non-hydrogen) atoms. The van der Waals surface area contributed by atoms with Gasteiger partial charge in [-0.25, -0.2) is 4.98 Å². The molecular formula is C14H17NO2S. The summed E-state index contributed by atoms with van der Waals surface area (Å²) in [6, 6.07) is 5.78. The highest BCUT2D eigenvalue weighted by Crippen LogP contribution is 2.25. The number of methoxy groups -OCH3 is 1. The van der Waals surface area contributed by atoms with E-state index >= 15 is 0 Å². The highest BCUT2D eigenvalue weighted by molar-refractivity contribution is 7.09. The van der Waals surface area contributed by atoms with Crippen molar-refractivity contribution in [3.63, 3.8) is 0 Å². The van der Waals surface area contributed by atoms with Crippen LogP contribution in [0.5, 0.6) is 5.75 Å². The third-order valence-electron chi connectivity index (χ3n) is 2.89. The molecule has 3 nitrogen and oxygen atoms in total. The van der Waals surface area contributed by atoms with Crippen molar-refractivity contribution >= 4 is 11.3 Å². The normalized spacial score (nSPS) is 12.4. The first-order valence-electron chi connectivity index (χ1n) is 5.83. The van der Waals surface area contributed by atoms with Crippen LogP contribution in [0.25, 0.3) is 0 Å². The van der Waals surface area contributed by atoms with Gasteiger partial charge in [-0.1, -0.05) is 12.1 Å². The molecule has 96 valence electrons. The molecule has 0 radical (unpaired) electrons. The van der Waals surface area contributed by atoms with E-state index in [0.717, 1.165) is 27.6 Å². The number of aromatic nitrogens is 1. The number of aryl methyl sites for hydroxylation is 2. The molecule has 0 aliphatic rings. The number of aliphatic hydroxyl groups is 1. The quantitative estimate of drug-likeness (QED) is 0.922. The standard InChI is InChI=1S/C14H17NO2S/c1-9-4-5-11(6-14(9)17-3)13(16)7-12-8-18-10(2)15-12/h4-6,8,13,16H,7H2,1-3H3. The van der Waals surface area contributed by atoms with Gasteiger partial charge in [0.15, 0.2) is 0 Å². The van der Waals surface area contributed by atoms with E-state index in [9.17, 15) is 5.11 Å². The van der Waals surface area contributed by atoms with Gasteiger partial charge in [0.1, 0.15) is 5.75 Å². The largest absolute Gasteiger partial charge is 0.496 e. The summed E-state index contributed by atoms with van der Waals surface area (Å²) in [6.07, 6.45) is -0.00249. The van der Waals surface area contributed by atoms with E-state index in [1.54, 1.807) is 18.4 Å². The molecule has 0 fully saturated rings. The fraction of sp³-hybridized carbons (Fsp3) is 0.357. The lowest BCUT2D eigenvalue weighted by Crippen LogP contribution is -2.03. The third kappa shape index (κ3) is 2.89. The van der Waals surface area contributed by atoms with Gasteiger partial charge in [0.05, 0.1) is 23.9 Å².